The zero-order valence-corrected chi connectivity index (χ0v) is 9.79. The van der Waals surface area contributed by atoms with Crippen LogP contribution in [0.5, 0.6) is 0 Å². The van der Waals surface area contributed by atoms with Gasteiger partial charge >= 0.3 is 5.97 Å². The van der Waals surface area contributed by atoms with Gasteiger partial charge < -0.3 is 10.0 Å². The first-order chi connectivity index (χ1) is 6.51. The van der Waals surface area contributed by atoms with Crippen molar-refractivity contribution in [2.45, 2.75) is 46.6 Å². The van der Waals surface area contributed by atoms with Crippen LogP contribution in [0.3, 0.4) is 0 Å². The number of aliphatic carboxylic acids is 1. The van der Waals surface area contributed by atoms with Gasteiger partial charge in [-0.15, -0.1) is 0 Å². The highest BCUT2D eigenvalue weighted by Gasteiger charge is 2.19. The molecule has 0 bridgehead atoms. The third-order valence-corrected chi connectivity index (χ3v) is 2.48. The van der Waals surface area contributed by atoms with Crippen molar-refractivity contribution in [3.8, 4) is 0 Å². The monoisotopic (exact) mass is 201 g/mol. The number of hydrogen-bond acceptors (Lipinski definition) is 2. The summed E-state index contributed by atoms with van der Waals surface area (Å²) in [6.07, 6.45) is 1.23. The molecule has 3 heteroatoms. The van der Waals surface area contributed by atoms with Crippen LogP contribution in [0.15, 0.2) is 0 Å². The van der Waals surface area contributed by atoms with Crippen LogP contribution in [-0.2, 0) is 4.79 Å². The molecular weight excluding hydrogens is 178 g/mol. The Labute approximate surface area is 87.1 Å². The smallest absolute Gasteiger partial charge is 0.304 e. The van der Waals surface area contributed by atoms with Gasteiger partial charge in [0.2, 0.25) is 0 Å². The molecule has 0 aromatic carbocycles. The van der Waals surface area contributed by atoms with E-state index in [0.29, 0.717) is 5.92 Å². The maximum Gasteiger partial charge on any atom is 0.304 e. The Morgan fingerprint density at radius 2 is 1.79 bits per heavy atom. The lowest BCUT2D eigenvalue weighted by Gasteiger charge is -2.29. The zero-order chi connectivity index (χ0) is 11.1. The van der Waals surface area contributed by atoms with Crippen molar-refractivity contribution < 1.29 is 9.90 Å². The molecule has 0 aromatic rings. The Morgan fingerprint density at radius 1 is 1.29 bits per heavy atom. The molecule has 0 radical (unpaired) electrons. The lowest BCUT2D eigenvalue weighted by atomic mass is 9.99. The first-order valence-electron chi connectivity index (χ1n) is 5.47. The highest BCUT2D eigenvalue weighted by Crippen LogP contribution is 2.14. The molecule has 3 nitrogen and oxygen atoms in total. The molecule has 0 aliphatic heterocycles. The van der Waals surface area contributed by atoms with Crippen LogP contribution in [0.1, 0.15) is 40.5 Å². The summed E-state index contributed by atoms with van der Waals surface area (Å²) in [5.41, 5.74) is 0. The number of hydrogen-bond donors (Lipinski definition) is 1. The molecule has 0 aliphatic carbocycles. The Hall–Kier alpha value is -0.570. The summed E-state index contributed by atoms with van der Waals surface area (Å²) in [6, 6.07) is 0.197. The SMILES string of the molecule is CCN(CC)C(CC(=O)O)CC(C)C. The molecule has 1 N–H and O–H groups in total. The number of carboxylic acids is 1. The maximum atomic E-state index is 10.7. The molecule has 14 heavy (non-hydrogen) atoms. The number of carboxylic acid groups (broad SMARTS) is 1. The van der Waals surface area contributed by atoms with Crippen LogP contribution >= 0.6 is 0 Å². The van der Waals surface area contributed by atoms with Crippen LogP contribution in [0.2, 0.25) is 0 Å². The van der Waals surface area contributed by atoms with Crippen molar-refractivity contribution in [1.29, 1.82) is 0 Å². The first-order valence-corrected chi connectivity index (χ1v) is 5.47. The van der Waals surface area contributed by atoms with Gasteiger partial charge in [0.05, 0.1) is 6.42 Å². The van der Waals surface area contributed by atoms with Gasteiger partial charge in [-0.25, -0.2) is 0 Å². The normalized spacial score (nSPS) is 13.6. The third kappa shape index (κ3) is 5.22. The number of nitrogens with zero attached hydrogens (tertiary/aromatic N) is 1. The molecule has 0 aliphatic rings. The van der Waals surface area contributed by atoms with E-state index in [1.807, 2.05) is 0 Å². The lowest BCUT2D eigenvalue weighted by molar-refractivity contribution is -0.138. The van der Waals surface area contributed by atoms with Crippen molar-refractivity contribution in [2.24, 2.45) is 5.92 Å². The van der Waals surface area contributed by atoms with Gasteiger partial charge in [-0.1, -0.05) is 27.7 Å². The molecule has 0 amide bonds. The minimum Gasteiger partial charge on any atom is -0.481 e. The molecule has 84 valence electrons. The fraction of sp³-hybridized carbons (Fsp3) is 0.909. The summed E-state index contributed by atoms with van der Waals surface area (Å²) in [4.78, 5) is 12.9. The second kappa shape index (κ2) is 6.82. The molecule has 0 heterocycles. The Morgan fingerprint density at radius 3 is 2.07 bits per heavy atom. The number of rotatable bonds is 7. The fourth-order valence-electron chi connectivity index (χ4n) is 1.85. The van der Waals surface area contributed by atoms with Crippen LogP contribution in [0.4, 0.5) is 0 Å². The minimum absolute atomic E-state index is 0.197. The topological polar surface area (TPSA) is 40.5 Å². The van der Waals surface area contributed by atoms with Gasteiger partial charge in [-0.05, 0) is 25.4 Å². The molecule has 1 atom stereocenters. The average molecular weight is 201 g/mol. The zero-order valence-electron chi connectivity index (χ0n) is 9.79. The van der Waals surface area contributed by atoms with Crippen molar-refractivity contribution >= 4 is 5.97 Å². The van der Waals surface area contributed by atoms with Gasteiger partial charge in [0.15, 0.2) is 0 Å². The molecule has 0 saturated carbocycles. The standard InChI is InChI=1S/C11H23NO2/c1-5-12(6-2)10(7-9(3)4)8-11(13)14/h9-10H,5-8H2,1-4H3,(H,13,14). The maximum absolute atomic E-state index is 10.7. The van der Waals surface area contributed by atoms with Crippen molar-refractivity contribution in [1.82, 2.24) is 4.90 Å². The van der Waals surface area contributed by atoms with E-state index < -0.39 is 5.97 Å². The highest BCUT2D eigenvalue weighted by atomic mass is 16.4. The van der Waals surface area contributed by atoms with Gasteiger partial charge in [-0.3, -0.25) is 4.79 Å². The quantitative estimate of drug-likeness (QED) is 0.686. The van der Waals surface area contributed by atoms with Gasteiger partial charge in [-0.2, -0.15) is 0 Å². The van der Waals surface area contributed by atoms with Gasteiger partial charge in [0.25, 0.3) is 0 Å². The summed E-state index contributed by atoms with van der Waals surface area (Å²) in [5.74, 6) is -0.137. The van der Waals surface area contributed by atoms with E-state index >= 15 is 0 Å². The molecule has 0 aromatic heterocycles. The van der Waals surface area contributed by atoms with E-state index in [0.717, 1.165) is 19.5 Å². The first kappa shape index (κ1) is 13.4. The van der Waals surface area contributed by atoms with E-state index in [9.17, 15) is 4.79 Å². The van der Waals surface area contributed by atoms with Crippen molar-refractivity contribution in [2.75, 3.05) is 13.1 Å². The van der Waals surface area contributed by atoms with E-state index in [1.165, 1.54) is 0 Å². The van der Waals surface area contributed by atoms with E-state index in [4.69, 9.17) is 5.11 Å². The summed E-state index contributed by atoms with van der Waals surface area (Å²) in [7, 11) is 0. The van der Waals surface area contributed by atoms with E-state index in [-0.39, 0.29) is 12.5 Å². The average Bonchev–Trinajstić information content (AvgIpc) is 2.03. The summed E-state index contributed by atoms with van der Waals surface area (Å²) in [6.45, 7) is 10.3. The Bertz CT molecular complexity index is 165. The predicted molar refractivity (Wildman–Crippen MR) is 58.4 cm³/mol. The Balaban J connectivity index is 4.27. The second-order valence-electron chi connectivity index (χ2n) is 4.10. The van der Waals surface area contributed by atoms with E-state index in [2.05, 4.69) is 32.6 Å². The third-order valence-electron chi connectivity index (χ3n) is 2.48. The van der Waals surface area contributed by atoms with Crippen LogP contribution < -0.4 is 0 Å². The Kier molecular flexibility index (Phi) is 6.54. The summed E-state index contributed by atoms with van der Waals surface area (Å²) in [5, 5.41) is 8.81. The summed E-state index contributed by atoms with van der Waals surface area (Å²) < 4.78 is 0. The summed E-state index contributed by atoms with van der Waals surface area (Å²) >= 11 is 0. The molecule has 0 spiro atoms. The molecule has 0 fully saturated rings. The van der Waals surface area contributed by atoms with E-state index in [1.54, 1.807) is 0 Å². The molecule has 0 rings (SSSR count). The molecule has 1 unspecified atom stereocenters. The van der Waals surface area contributed by atoms with Crippen LogP contribution in [0.25, 0.3) is 0 Å². The number of carbonyl (C=O) groups is 1. The lowest BCUT2D eigenvalue weighted by Crippen LogP contribution is -2.37. The highest BCUT2D eigenvalue weighted by molar-refractivity contribution is 5.67. The van der Waals surface area contributed by atoms with Crippen LogP contribution in [-0.4, -0.2) is 35.1 Å². The fourth-order valence-corrected chi connectivity index (χ4v) is 1.85. The minimum atomic E-state index is -0.692. The van der Waals surface area contributed by atoms with Gasteiger partial charge in [0.1, 0.15) is 0 Å². The molecular formula is C11H23NO2. The van der Waals surface area contributed by atoms with Gasteiger partial charge in [0, 0.05) is 6.04 Å². The predicted octanol–water partition coefficient (Wildman–Crippen LogP) is 2.22. The van der Waals surface area contributed by atoms with Crippen LogP contribution in [0, 0.1) is 5.92 Å². The van der Waals surface area contributed by atoms with Crippen molar-refractivity contribution in [3.05, 3.63) is 0 Å². The van der Waals surface area contributed by atoms with Crippen molar-refractivity contribution in [3.63, 3.8) is 0 Å². The second-order valence-corrected chi connectivity index (χ2v) is 4.10. The largest absolute Gasteiger partial charge is 0.481 e. The molecule has 0 saturated heterocycles.